The van der Waals surface area contributed by atoms with Gasteiger partial charge in [-0.05, 0) is 52.0 Å². The maximum atomic E-state index is 12.3. The highest BCUT2D eigenvalue weighted by atomic mass is 79.9. The Labute approximate surface area is 132 Å². The van der Waals surface area contributed by atoms with Gasteiger partial charge in [-0.25, -0.2) is 13.4 Å². The number of fused-ring (bicyclic) bond motifs is 1. The van der Waals surface area contributed by atoms with Gasteiger partial charge in [-0.2, -0.15) is 0 Å². The summed E-state index contributed by atoms with van der Waals surface area (Å²) in [5.41, 5.74) is 1.92. The maximum absolute atomic E-state index is 12.3. The number of rotatable bonds is 3. The van der Waals surface area contributed by atoms with Crippen molar-refractivity contribution in [1.29, 1.82) is 0 Å². The molecule has 1 N–H and O–H groups in total. The molecule has 4 nitrogen and oxygen atoms in total. The molecule has 0 spiro atoms. The minimum absolute atomic E-state index is 0.257. The number of halogens is 1. The Balaban J connectivity index is 1.99. The standard InChI is InChI=1S/C12H9BrN2O2S3/c1-7-2-3-9-10(6-7)19-12(14-9)15-20(16,17)11-8(13)4-5-18-11/h2-6H,1H3,(H,14,15). The van der Waals surface area contributed by atoms with E-state index in [1.807, 2.05) is 25.1 Å². The van der Waals surface area contributed by atoms with E-state index in [2.05, 4.69) is 25.6 Å². The maximum Gasteiger partial charge on any atom is 0.274 e. The van der Waals surface area contributed by atoms with Crippen molar-refractivity contribution in [2.75, 3.05) is 4.72 Å². The van der Waals surface area contributed by atoms with Crippen LogP contribution in [0.4, 0.5) is 5.13 Å². The number of nitrogens with zero attached hydrogens (tertiary/aromatic N) is 1. The Kier molecular flexibility index (Phi) is 3.57. The monoisotopic (exact) mass is 388 g/mol. The van der Waals surface area contributed by atoms with Crippen LogP contribution in [0.25, 0.3) is 10.2 Å². The summed E-state index contributed by atoms with van der Waals surface area (Å²) in [6.45, 7) is 1.99. The van der Waals surface area contributed by atoms with Crippen LogP contribution in [-0.4, -0.2) is 13.4 Å². The highest BCUT2D eigenvalue weighted by Gasteiger charge is 2.20. The average Bonchev–Trinajstić information content (AvgIpc) is 2.93. The van der Waals surface area contributed by atoms with Crippen molar-refractivity contribution < 1.29 is 8.42 Å². The molecule has 104 valence electrons. The summed E-state index contributed by atoms with van der Waals surface area (Å²) in [6, 6.07) is 7.54. The number of thiazole rings is 1. The second kappa shape index (κ2) is 5.10. The van der Waals surface area contributed by atoms with Crippen LogP contribution in [0.2, 0.25) is 0 Å². The van der Waals surface area contributed by atoms with Crippen LogP contribution < -0.4 is 4.72 Å². The van der Waals surface area contributed by atoms with Gasteiger partial charge in [0, 0.05) is 4.47 Å². The summed E-state index contributed by atoms with van der Waals surface area (Å²) in [7, 11) is -3.59. The molecule has 0 saturated heterocycles. The third-order valence-electron chi connectivity index (χ3n) is 2.59. The minimum atomic E-state index is -3.59. The highest BCUT2D eigenvalue weighted by molar-refractivity contribution is 9.10. The van der Waals surface area contributed by atoms with Crippen molar-refractivity contribution >= 4 is 64.0 Å². The summed E-state index contributed by atoms with van der Waals surface area (Å²) in [5, 5.41) is 2.10. The number of aryl methyl sites for hydroxylation is 1. The smallest absolute Gasteiger partial charge is 0.254 e. The Morgan fingerprint density at radius 1 is 1.30 bits per heavy atom. The fraction of sp³-hybridized carbons (Fsp3) is 0.0833. The Bertz CT molecular complexity index is 883. The van der Waals surface area contributed by atoms with Gasteiger partial charge in [-0.15, -0.1) is 11.3 Å². The summed E-state index contributed by atoms with van der Waals surface area (Å²) in [5.74, 6) is 0. The lowest BCUT2D eigenvalue weighted by molar-refractivity contribution is 0.603. The molecule has 20 heavy (non-hydrogen) atoms. The van der Waals surface area contributed by atoms with Crippen molar-refractivity contribution in [2.45, 2.75) is 11.1 Å². The molecule has 8 heteroatoms. The van der Waals surface area contributed by atoms with Gasteiger partial charge >= 0.3 is 0 Å². The Hall–Kier alpha value is -0.960. The van der Waals surface area contributed by atoms with E-state index >= 15 is 0 Å². The molecular formula is C12H9BrN2O2S3. The topological polar surface area (TPSA) is 59.1 Å². The first kappa shape index (κ1) is 14.0. The average molecular weight is 389 g/mol. The van der Waals surface area contributed by atoms with Gasteiger partial charge in [-0.3, -0.25) is 4.72 Å². The molecule has 1 aromatic carbocycles. The zero-order valence-electron chi connectivity index (χ0n) is 10.3. The van der Waals surface area contributed by atoms with Gasteiger partial charge in [0.05, 0.1) is 10.2 Å². The second-order valence-electron chi connectivity index (χ2n) is 4.15. The third-order valence-corrected chi connectivity index (χ3v) is 7.67. The van der Waals surface area contributed by atoms with Crippen LogP contribution in [0.15, 0.2) is 38.3 Å². The van der Waals surface area contributed by atoms with Crippen LogP contribution in [0.5, 0.6) is 0 Å². The number of anilines is 1. The number of nitrogens with one attached hydrogen (secondary N) is 1. The van der Waals surface area contributed by atoms with Crippen LogP contribution in [0.3, 0.4) is 0 Å². The zero-order valence-corrected chi connectivity index (χ0v) is 14.3. The molecule has 0 aliphatic rings. The van der Waals surface area contributed by atoms with E-state index in [1.54, 1.807) is 11.4 Å². The van der Waals surface area contributed by atoms with Gasteiger partial charge in [0.15, 0.2) is 9.34 Å². The normalized spacial score (nSPS) is 11.9. The van der Waals surface area contributed by atoms with Gasteiger partial charge in [-0.1, -0.05) is 17.4 Å². The third kappa shape index (κ3) is 2.60. The number of hydrogen-bond donors (Lipinski definition) is 1. The quantitative estimate of drug-likeness (QED) is 0.729. The highest BCUT2D eigenvalue weighted by Crippen LogP contribution is 2.32. The molecule has 3 aromatic rings. The summed E-state index contributed by atoms with van der Waals surface area (Å²) < 4.78 is 28.8. The largest absolute Gasteiger partial charge is 0.274 e. The van der Waals surface area contributed by atoms with Crippen LogP contribution in [0, 0.1) is 6.92 Å². The van der Waals surface area contributed by atoms with E-state index < -0.39 is 10.0 Å². The van der Waals surface area contributed by atoms with E-state index in [1.165, 1.54) is 11.3 Å². The first-order valence-corrected chi connectivity index (χ1v) is 9.56. The van der Waals surface area contributed by atoms with Gasteiger partial charge in [0.25, 0.3) is 10.0 Å². The Morgan fingerprint density at radius 3 is 2.80 bits per heavy atom. The van der Waals surface area contributed by atoms with E-state index in [9.17, 15) is 8.42 Å². The molecule has 0 atom stereocenters. The zero-order chi connectivity index (χ0) is 14.3. The lowest BCUT2D eigenvalue weighted by Crippen LogP contribution is -2.11. The molecule has 2 heterocycles. The first-order chi connectivity index (χ1) is 9.45. The van der Waals surface area contributed by atoms with Crippen molar-refractivity contribution in [3.05, 3.63) is 39.7 Å². The summed E-state index contributed by atoms with van der Waals surface area (Å²) >= 11 is 5.73. The van der Waals surface area contributed by atoms with Gasteiger partial charge in [0.2, 0.25) is 0 Å². The fourth-order valence-corrected chi connectivity index (χ4v) is 6.25. The number of thiophene rings is 1. The van der Waals surface area contributed by atoms with Crippen molar-refractivity contribution in [3.63, 3.8) is 0 Å². The molecule has 2 aromatic heterocycles. The number of benzene rings is 1. The number of aromatic nitrogens is 1. The van der Waals surface area contributed by atoms with E-state index in [0.29, 0.717) is 9.60 Å². The molecule has 0 fully saturated rings. The van der Waals surface area contributed by atoms with Crippen LogP contribution in [0.1, 0.15) is 5.56 Å². The molecule has 3 rings (SSSR count). The first-order valence-electron chi connectivity index (χ1n) is 5.59. The van der Waals surface area contributed by atoms with Crippen molar-refractivity contribution in [1.82, 2.24) is 4.98 Å². The molecule has 0 aliphatic heterocycles. The molecule has 0 unspecified atom stereocenters. The lowest BCUT2D eigenvalue weighted by atomic mass is 10.2. The minimum Gasteiger partial charge on any atom is -0.254 e. The second-order valence-corrected chi connectivity index (χ2v) is 8.83. The molecule has 0 amide bonds. The molecule has 0 saturated carbocycles. The predicted molar refractivity (Wildman–Crippen MR) is 87.2 cm³/mol. The van der Waals surface area contributed by atoms with E-state index in [0.717, 1.165) is 27.1 Å². The summed E-state index contributed by atoms with van der Waals surface area (Å²) in [4.78, 5) is 4.30. The number of sulfonamides is 1. The van der Waals surface area contributed by atoms with Crippen molar-refractivity contribution in [3.8, 4) is 0 Å². The summed E-state index contributed by atoms with van der Waals surface area (Å²) in [6.07, 6.45) is 0. The van der Waals surface area contributed by atoms with Gasteiger partial charge < -0.3 is 0 Å². The Morgan fingerprint density at radius 2 is 2.10 bits per heavy atom. The van der Waals surface area contributed by atoms with Crippen LogP contribution >= 0.6 is 38.6 Å². The van der Waals surface area contributed by atoms with Crippen molar-refractivity contribution in [2.24, 2.45) is 0 Å². The molecular weight excluding hydrogens is 380 g/mol. The number of hydrogen-bond acceptors (Lipinski definition) is 5. The van der Waals surface area contributed by atoms with Gasteiger partial charge in [0.1, 0.15) is 0 Å². The SMILES string of the molecule is Cc1ccc2nc(NS(=O)(=O)c3sccc3Br)sc2c1. The molecule has 0 aliphatic carbocycles. The molecule has 0 bridgehead atoms. The van der Waals surface area contributed by atoms with Crippen LogP contribution in [-0.2, 0) is 10.0 Å². The van der Waals surface area contributed by atoms with E-state index in [-0.39, 0.29) is 4.21 Å². The predicted octanol–water partition coefficient (Wildman–Crippen LogP) is 4.23. The molecule has 0 radical (unpaired) electrons. The lowest BCUT2D eigenvalue weighted by Gasteiger charge is -2.02. The fourth-order valence-electron chi connectivity index (χ4n) is 1.71. The van der Waals surface area contributed by atoms with E-state index in [4.69, 9.17) is 0 Å².